The minimum Gasteiger partial charge on any atom is -0.355 e. The number of rotatable bonds is 1. The molecule has 1 aromatic rings. The molecule has 0 aromatic carbocycles. The molecule has 1 aliphatic heterocycles. The molecule has 1 aliphatic rings. The molecule has 0 saturated carbocycles. The van der Waals surface area contributed by atoms with E-state index in [2.05, 4.69) is 15.3 Å². The van der Waals surface area contributed by atoms with Gasteiger partial charge in [0.15, 0.2) is 0 Å². The number of nitrogens with one attached hydrogen (secondary N) is 1. The van der Waals surface area contributed by atoms with Gasteiger partial charge in [0.25, 0.3) is 0 Å². The van der Waals surface area contributed by atoms with Gasteiger partial charge in [-0.3, -0.25) is 14.8 Å². The number of hydrogen-bond acceptors (Lipinski definition) is 3. The van der Waals surface area contributed by atoms with Crippen LogP contribution >= 0.6 is 0 Å². The molecule has 0 radical (unpaired) electrons. The van der Waals surface area contributed by atoms with Crippen molar-refractivity contribution in [1.82, 2.24) is 15.3 Å². The van der Waals surface area contributed by atoms with Crippen LogP contribution in [0, 0.1) is 0 Å². The normalized spacial score (nSPS) is 22.3. The average molecular weight is 163 g/mol. The van der Waals surface area contributed by atoms with Crippen LogP contribution < -0.4 is 5.32 Å². The van der Waals surface area contributed by atoms with E-state index in [9.17, 15) is 4.79 Å². The summed E-state index contributed by atoms with van der Waals surface area (Å²) in [5.74, 6) is 0.317. The molecule has 2 heterocycles. The van der Waals surface area contributed by atoms with Gasteiger partial charge in [0.2, 0.25) is 5.91 Å². The maximum atomic E-state index is 10.9. The van der Waals surface area contributed by atoms with E-state index >= 15 is 0 Å². The first-order valence-corrected chi connectivity index (χ1v) is 3.89. The molecule has 0 bridgehead atoms. The first kappa shape index (κ1) is 7.21. The Morgan fingerprint density at radius 1 is 1.50 bits per heavy atom. The van der Waals surface area contributed by atoms with Gasteiger partial charge in [0.1, 0.15) is 0 Å². The Morgan fingerprint density at radius 2 is 2.42 bits per heavy atom. The van der Waals surface area contributed by atoms with Gasteiger partial charge in [-0.05, 0) is 0 Å². The molecule has 1 aromatic heterocycles. The zero-order valence-corrected chi connectivity index (χ0v) is 6.53. The maximum Gasteiger partial charge on any atom is 0.220 e. The fraction of sp³-hybridized carbons (Fsp3) is 0.375. The number of carbonyl (C=O) groups is 1. The first-order valence-electron chi connectivity index (χ1n) is 3.89. The largest absolute Gasteiger partial charge is 0.355 e. The summed E-state index contributed by atoms with van der Waals surface area (Å²) >= 11 is 0. The SMILES string of the molecule is O=C1CC(c2cnccn2)CN1. The van der Waals surface area contributed by atoms with Crippen molar-refractivity contribution in [2.24, 2.45) is 0 Å². The second kappa shape index (κ2) is 2.89. The minimum atomic E-state index is 0.102. The fourth-order valence-corrected chi connectivity index (χ4v) is 1.34. The standard InChI is InChI=1S/C8H9N3O/c12-8-3-6(4-11-8)7-5-9-1-2-10-7/h1-2,5-6H,3-4H2,(H,11,12). The van der Waals surface area contributed by atoms with Gasteiger partial charge in [-0.15, -0.1) is 0 Å². The lowest BCUT2D eigenvalue weighted by molar-refractivity contribution is -0.119. The summed E-state index contributed by atoms with van der Waals surface area (Å²) in [5.41, 5.74) is 0.899. The van der Waals surface area contributed by atoms with Crippen LogP contribution in [0.25, 0.3) is 0 Å². The van der Waals surface area contributed by atoms with Crippen molar-refractivity contribution < 1.29 is 4.79 Å². The van der Waals surface area contributed by atoms with Crippen molar-refractivity contribution in [3.63, 3.8) is 0 Å². The fourth-order valence-electron chi connectivity index (χ4n) is 1.34. The highest BCUT2D eigenvalue weighted by atomic mass is 16.1. The molecular weight excluding hydrogens is 154 g/mol. The third-order valence-corrected chi connectivity index (χ3v) is 1.98. The molecule has 1 amide bonds. The summed E-state index contributed by atoms with van der Waals surface area (Å²) in [6, 6.07) is 0. The van der Waals surface area contributed by atoms with Crippen molar-refractivity contribution in [1.29, 1.82) is 0 Å². The van der Waals surface area contributed by atoms with E-state index in [0.717, 1.165) is 5.69 Å². The van der Waals surface area contributed by atoms with Gasteiger partial charge in [0.05, 0.1) is 5.69 Å². The molecule has 1 N–H and O–H groups in total. The second-order valence-corrected chi connectivity index (χ2v) is 2.84. The minimum absolute atomic E-state index is 0.102. The van der Waals surface area contributed by atoms with Gasteiger partial charge in [-0.1, -0.05) is 0 Å². The van der Waals surface area contributed by atoms with Gasteiger partial charge in [-0.2, -0.15) is 0 Å². The molecule has 12 heavy (non-hydrogen) atoms. The Hall–Kier alpha value is -1.45. The van der Waals surface area contributed by atoms with Crippen LogP contribution in [-0.2, 0) is 4.79 Å². The van der Waals surface area contributed by atoms with E-state index in [1.807, 2.05) is 0 Å². The van der Waals surface area contributed by atoms with Gasteiger partial charge < -0.3 is 5.32 Å². The maximum absolute atomic E-state index is 10.9. The number of aromatic nitrogens is 2. The lowest BCUT2D eigenvalue weighted by Crippen LogP contribution is -2.13. The van der Waals surface area contributed by atoms with Crippen molar-refractivity contribution in [2.45, 2.75) is 12.3 Å². The van der Waals surface area contributed by atoms with Crippen LogP contribution in [-0.4, -0.2) is 22.4 Å². The summed E-state index contributed by atoms with van der Waals surface area (Å²) in [6.07, 6.45) is 5.54. The van der Waals surface area contributed by atoms with Crippen LogP contribution in [0.5, 0.6) is 0 Å². The number of carbonyl (C=O) groups excluding carboxylic acids is 1. The molecule has 0 aliphatic carbocycles. The quantitative estimate of drug-likeness (QED) is 0.637. The second-order valence-electron chi connectivity index (χ2n) is 2.84. The monoisotopic (exact) mass is 163 g/mol. The van der Waals surface area contributed by atoms with Crippen molar-refractivity contribution >= 4 is 5.91 Å². The number of hydrogen-bond donors (Lipinski definition) is 1. The van der Waals surface area contributed by atoms with E-state index in [4.69, 9.17) is 0 Å². The molecule has 62 valence electrons. The Labute approximate surface area is 70.0 Å². The van der Waals surface area contributed by atoms with Gasteiger partial charge in [0, 0.05) is 37.5 Å². The first-order chi connectivity index (χ1) is 5.86. The highest BCUT2D eigenvalue weighted by molar-refractivity contribution is 5.79. The molecule has 4 nitrogen and oxygen atoms in total. The zero-order valence-electron chi connectivity index (χ0n) is 6.53. The van der Waals surface area contributed by atoms with Crippen LogP contribution in [0.15, 0.2) is 18.6 Å². The van der Waals surface area contributed by atoms with Gasteiger partial charge >= 0.3 is 0 Å². The molecule has 1 unspecified atom stereocenters. The lowest BCUT2D eigenvalue weighted by atomic mass is 10.1. The Balaban J connectivity index is 2.16. The highest BCUT2D eigenvalue weighted by Gasteiger charge is 2.23. The predicted octanol–water partition coefficient (Wildman–Crippen LogP) is 0.0801. The van der Waals surface area contributed by atoms with E-state index in [1.165, 1.54) is 0 Å². The van der Waals surface area contributed by atoms with Crippen LogP contribution in [0.3, 0.4) is 0 Å². The van der Waals surface area contributed by atoms with Crippen molar-refractivity contribution in [3.05, 3.63) is 24.3 Å². The Morgan fingerprint density at radius 3 is 3.00 bits per heavy atom. The van der Waals surface area contributed by atoms with Crippen LogP contribution in [0.1, 0.15) is 18.0 Å². The Bertz CT molecular complexity index is 286. The lowest BCUT2D eigenvalue weighted by Gasteiger charge is -2.03. The number of nitrogens with zero attached hydrogens (tertiary/aromatic N) is 2. The zero-order chi connectivity index (χ0) is 8.39. The van der Waals surface area contributed by atoms with E-state index in [1.54, 1.807) is 18.6 Å². The third kappa shape index (κ3) is 1.28. The van der Waals surface area contributed by atoms with Crippen molar-refractivity contribution in [2.75, 3.05) is 6.54 Å². The molecular formula is C8H9N3O. The molecule has 1 atom stereocenters. The summed E-state index contributed by atoms with van der Waals surface area (Å²) in [7, 11) is 0. The highest BCUT2D eigenvalue weighted by Crippen LogP contribution is 2.19. The van der Waals surface area contributed by atoms with E-state index in [-0.39, 0.29) is 11.8 Å². The molecule has 4 heteroatoms. The summed E-state index contributed by atoms with van der Waals surface area (Å²) < 4.78 is 0. The Kier molecular flexibility index (Phi) is 1.74. The molecule has 0 spiro atoms. The van der Waals surface area contributed by atoms with Crippen molar-refractivity contribution in [3.8, 4) is 0 Å². The van der Waals surface area contributed by atoms with E-state index < -0.39 is 0 Å². The molecule has 2 rings (SSSR count). The molecule has 1 saturated heterocycles. The molecule has 1 fully saturated rings. The smallest absolute Gasteiger partial charge is 0.220 e. The average Bonchev–Trinajstić information content (AvgIpc) is 2.54. The number of amides is 1. The van der Waals surface area contributed by atoms with E-state index in [0.29, 0.717) is 13.0 Å². The topological polar surface area (TPSA) is 54.9 Å². The predicted molar refractivity (Wildman–Crippen MR) is 42.4 cm³/mol. The summed E-state index contributed by atoms with van der Waals surface area (Å²) in [5, 5.41) is 2.76. The summed E-state index contributed by atoms with van der Waals surface area (Å²) in [4.78, 5) is 19.0. The van der Waals surface area contributed by atoms with Crippen LogP contribution in [0.4, 0.5) is 0 Å². The van der Waals surface area contributed by atoms with Crippen LogP contribution in [0.2, 0.25) is 0 Å². The van der Waals surface area contributed by atoms with Gasteiger partial charge in [-0.25, -0.2) is 0 Å². The summed E-state index contributed by atoms with van der Waals surface area (Å²) in [6.45, 7) is 0.692. The third-order valence-electron chi connectivity index (χ3n) is 1.98.